The fourth-order valence-electron chi connectivity index (χ4n) is 2.26. The number of alkyl halides is 3. The molecule has 2 aliphatic heterocycles. The van der Waals surface area contributed by atoms with Crippen LogP contribution >= 0.6 is 11.8 Å². The van der Waals surface area contributed by atoms with E-state index in [1.807, 2.05) is 0 Å². The van der Waals surface area contributed by atoms with Crippen LogP contribution in [-0.4, -0.2) is 63.3 Å². The molecule has 5 atom stereocenters. The van der Waals surface area contributed by atoms with Gasteiger partial charge in [0.15, 0.2) is 5.17 Å². The first-order valence-electron chi connectivity index (χ1n) is 6.78. The normalized spacial score (nSPS) is 35.2. The number of likely N-dealkylation sites (tertiary alicyclic amines) is 1. The first-order valence-corrected chi connectivity index (χ1v) is 7.66. The summed E-state index contributed by atoms with van der Waals surface area (Å²) >= 11 is 0.991. The second-order valence-corrected chi connectivity index (χ2v) is 6.57. The molecule has 5 nitrogen and oxygen atoms in total. The number of aliphatic hydroxyl groups excluding tert-OH is 2. The zero-order valence-electron chi connectivity index (χ0n) is 11.5. The minimum atomic E-state index is -4.51. The highest BCUT2D eigenvalue weighted by atomic mass is 32.2. The molecule has 0 aromatic rings. The Labute approximate surface area is 125 Å². The Kier molecular flexibility index (Phi) is 5.07. The Hall–Kier alpha value is -0.510. The molecular formula is C12H19F3N2O3S. The first kappa shape index (κ1) is 16.9. The molecule has 0 spiro atoms. The molecule has 2 fully saturated rings. The van der Waals surface area contributed by atoms with E-state index in [0.717, 1.165) is 38.2 Å². The number of ether oxygens (including phenoxy) is 1. The van der Waals surface area contributed by atoms with Gasteiger partial charge in [0, 0.05) is 19.5 Å². The van der Waals surface area contributed by atoms with Crippen molar-refractivity contribution in [3.63, 3.8) is 0 Å². The third kappa shape index (κ3) is 3.82. The van der Waals surface area contributed by atoms with Gasteiger partial charge in [0.25, 0.3) is 0 Å². The third-order valence-corrected chi connectivity index (χ3v) is 4.92. The lowest BCUT2D eigenvalue weighted by molar-refractivity contribution is -0.241. The Bertz CT molecular complexity index is 392. The van der Waals surface area contributed by atoms with E-state index < -0.39 is 35.8 Å². The van der Waals surface area contributed by atoms with E-state index in [4.69, 9.17) is 10.1 Å². The Balaban J connectivity index is 1.99. The number of hydrogen-bond acceptors (Lipinski definition) is 5. The zero-order valence-corrected chi connectivity index (χ0v) is 12.3. The maximum Gasteiger partial charge on any atom is 0.394 e. The number of aliphatic hydroxyl groups is 2. The smallest absolute Gasteiger partial charge is 0.390 e. The Morgan fingerprint density at radius 3 is 2.48 bits per heavy atom. The number of nitrogens with zero attached hydrogens (tertiary/aromatic N) is 1. The van der Waals surface area contributed by atoms with Crippen molar-refractivity contribution >= 4 is 16.9 Å². The highest BCUT2D eigenvalue weighted by Gasteiger charge is 2.49. The van der Waals surface area contributed by atoms with Gasteiger partial charge in [-0.1, -0.05) is 18.7 Å². The van der Waals surface area contributed by atoms with Gasteiger partial charge >= 0.3 is 6.18 Å². The average Bonchev–Trinajstić information content (AvgIpc) is 2.29. The summed E-state index contributed by atoms with van der Waals surface area (Å²) in [5, 5.41) is 27.6. The van der Waals surface area contributed by atoms with Crippen LogP contribution in [0.15, 0.2) is 0 Å². The van der Waals surface area contributed by atoms with Crippen molar-refractivity contribution in [3.05, 3.63) is 0 Å². The van der Waals surface area contributed by atoms with E-state index in [9.17, 15) is 23.4 Å². The lowest BCUT2D eigenvalue weighted by Gasteiger charge is -2.41. The number of rotatable bonds is 2. The molecule has 0 aliphatic carbocycles. The van der Waals surface area contributed by atoms with Crippen LogP contribution in [0.3, 0.4) is 0 Å². The van der Waals surface area contributed by atoms with E-state index in [0.29, 0.717) is 0 Å². The molecule has 5 unspecified atom stereocenters. The number of nitrogens with one attached hydrogen (secondary N) is 1. The molecule has 2 aliphatic rings. The molecule has 2 heterocycles. The summed E-state index contributed by atoms with van der Waals surface area (Å²) in [5.74, 6) is -1.89. The first-order chi connectivity index (χ1) is 9.70. The minimum Gasteiger partial charge on any atom is -0.390 e. The van der Waals surface area contributed by atoms with Crippen LogP contribution in [0.2, 0.25) is 0 Å². The molecule has 21 heavy (non-hydrogen) atoms. The van der Waals surface area contributed by atoms with Gasteiger partial charge in [0.05, 0.1) is 18.1 Å². The molecule has 2 saturated heterocycles. The summed E-state index contributed by atoms with van der Waals surface area (Å²) in [5.41, 5.74) is -0.758. The molecule has 9 heteroatoms. The Morgan fingerprint density at radius 2 is 2.00 bits per heavy atom. The van der Waals surface area contributed by atoms with Gasteiger partial charge in [-0.2, -0.15) is 13.2 Å². The van der Waals surface area contributed by atoms with Crippen molar-refractivity contribution < 1.29 is 28.1 Å². The molecule has 0 radical (unpaired) electrons. The quantitative estimate of drug-likeness (QED) is 0.528. The SMILES string of the molecule is CC(C1OC(SC(=N)N2CCC2)CC(O)C1O)C(F)(F)F. The molecule has 2 rings (SSSR count). The number of halogens is 3. The fourth-order valence-corrected chi connectivity index (χ4v) is 3.32. The molecule has 0 saturated carbocycles. The third-order valence-electron chi connectivity index (χ3n) is 3.87. The standard InChI is InChI=1S/C12H19F3N2O3S/c1-6(12(13,14)15)10-9(19)7(18)5-8(20-10)21-11(16)17-3-2-4-17/h6-10,16,18-19H,2-5H2,1H3. The molecule has 0 bridgehead atoms. The van der Waals surface area contributed by atoms with Crippen LogP contribution in [0, 0.1) is 11.3 Å². The molecule has 0 aromatic carbocycles. The van der Waals surface area contributed by atoms with Crippen LogP contribution in [0.25, 0.3) is 0 Å². The fraction of sp³-hybridized carbons (Fsp3) is 0.917. The van der Waals surface area contributed by atoms with Crippen molar-refractivity contribution in [3.8, 4) is 0 Å². The van der Waals surface area contributed by atoms with Crippen LogP contribution in [0.5, 0.6) is 0 Å². The topological polar surface area (TPSA) is 76.8 Å². The van der Waals surface area contributed by atoms with E-state index in [-0.39, 0.29) is 11.6 Å². The van der Waals surface area contributed by atoms with Crippen molar-refractivity contribution in [1.82, 2.24) is 4.90 Å². The van der Waals surface area contributed by atoms with Crippen LogP contribution in [-0.2, 0) is 4.74 Å². The van der Waals surface area contributed by atoms with E-state index in [1.165, 1.54) is 0 Å². The Morgan fingerprint density at radius 1 is 1.38 bits per heavy atom. The molecule has 0 aromatic heterocycles. The van der Waals surface area contributed by atoms with Crippen molar-refractivity contribution in [2.24, 2.45) is 5.92 Å². The number of hydrogen-bond donors (Lipinski definition) is 3. The predicted octanol–water partition coefficient (Wildman–Crippen LogP) is 1.40. The van der Waals surface area contributed by atoms with Crippen molar-refractivity contribution in [2.45, 2.75) is 49.7 Å². The lowest BCUT2D eigenvalue weighted by Crippen LogP contribution is -2.53. The van der Waals surface area contributed by atoms with Gasteiger partial charge in [-0.15, -0.1) is 0 Å². The number of thioether (sulfide) groups is 1. The maximum atomic E-state index is 12.8. The van der Waals surface area contributed by atoms with Crippen molar-refractivity contribution in [2.75, 3.05) is 13.1 Å². The number of amidine groups is 1. The summed E-state index contributed by atoms with van der Waals surface area (Å²) in [6, 6.07) is 0. The van der Waals surface area contributed by atoms with Gasteiger partial charge in [0.2, 0.25) is 0 Å². The van der Waals surface area contributed by atoms with E-state index in [1.54, 1.807) is 4.90 Å². The van der Waals surface area contributed by atoms with Gasteiger partial charge < -0.3 is 19.8 Å². The van der Waals surface area contributed by atoms with Gasteiger partial charge in [-0.25, -0.2) is 0 Å². The second-order valence-electron chi connectivity index (χ2n) is 5.42. The second kappa shape index (κ2) is 6.31. The summed E-state index contributed by atoms with van der Waals surface area (Å²) in [6.45, 7) is 2.44. The van der Waals surface area contributed by atoms with Crippen LogP contribution < -0.4 is 0 Å². The largest absolute Gasteiger partial charge is 0.394 e. The highest BCUT2D eigenvalue weighted by molar-refractivity contribution is 8.14. The summed E-state index contributed by atoms with van der Waals surface area (Å²) in [6.07, 6.45) is -7.89. The van der Waals surface area contributed by atoms with E-state index >= 15 is 0 Å². The molecular weight excluding hydrogens is 309 g/mol. The summed E-state index contributed by atoms with van der Waals surface area (Å²) in [4.78, 5) is 1.79. The summed E-state index contributed by atoms with van der Waals surface area (Å²) < 4.78 is 43.7. The molecule has 0 amide bonds. The van der Waals surface area contributed by atoms with Crippen molar-refractivity contribution in [1.29, 1.82) is 5.41 Å². The monoisotopic (exact) mass is 328 g/mol. The molecule has 3 N–H and O–H groups in total. The van der Waals surface area contributed by atoms with Gasteiger partial charge in [-0.3, -0.25) is 5.41 Å². The summed E-state index contributed by atoms with van der Waals surface area (Å²) in [7, 11) is 0. The van der Waals surface area contributed by atoms with Gasteiger partial charge in [-0.05, 0) is 6.42 Å². The van der Waals surface area contributed by atoms with Crippen LogP contribution in [0.1, 0.15) is 19.8 Å². The molecule has 122 valence electrons. The minimum absolute atomic E-state index is 0.00311. The predicted molar refractivity (Wildman–Crippen MR) is 72.0 cm³/mol. The lowest BCUT2D eigenvalue weighted by atomic mass is 9.92. The highest BCUT2D eigenvalue weighted by Crippen LogP contribution is 2.38. The maximum absolute atomic E-state index is 12.8. The van der Waals surface area contributed by atoms with Crippen LogP contribution in [0.4, 0.5) is 13.2 Å². The van der Waals surface area contributed by atoms with Gasteiger partial charge in [0.1, 0.15) is 11.5 Å². The zero-order chi connectivity index (χ0) is 15.8. The van der Waals surface area contributed by atoms with E-state index in [2.05, 4.69) is 0 Å². The average molecular weight is 328 g/mol.